The summed E-state index contributed by atoms with van der Waals surface area (Å²) in [5.41, 5.74) is 7.59. The first-order valence-corrected chi connectivity index (χ1v) is 7.06. The highest BCUT2D eigenvalue weighted by Gasteiger charge is 2.07. The SMILES string of the molecule is Cc1c(CCN)nnn1CCCOc1ccc(Cl)cc1. The van der Waals surface area contributed by atoms with Gasteiger partial charge in [-0.25, -0.2) is 4.68 Å². The molecule has 0 spiro atoms. The lowest BCUT2D eigenvalue weighted by molar-refractivity contribution is 0.297. The Morgan fingerprint density at radius 2 is 2.05 bits per heavy atom. The molecule has 0 amide bonds. The van der Waals surface area contributed by atoms with Crippen LogP contribution >= 0.6 is 11.6 Å². The lowest BCUT2D eigenvalue weighted by Gasteiger charge is -2.07. The molecule has 6 heteroatoms. The molecule has 0 fully saturated rings. The normalized spacial score (nSPS) is 10.8. The minimum absolute atomic E-state index is 0.596. The smallest absolute Gasteiger partial charge is 0.119 e. The van der Waals surface area contributed by atoms with Crippen LogP contribution in [-0.4, -0.2) is 28.1 Å². The molecule has 0 atom stereocenters. The molecular formula is C14H19ClN4O. The van der Waals surface area contributed by atoms with Crippen molar-refractivity contribution in [3.63, 3.8) is 0 Å². The van der Waals surface area contributed by atoms with E-state index in [1.807, 2.05) is 35.9 Å². The maximum Gasteiger partial charge on any atom is 0.119 e. The third-order valence-electron chi connectivity index (χ3n) is 3.06. The van der Waals surface area contributed by atoms with Gasteiger partial charge in [0.1, 0.15) is 5.75 Å². The van der Waals surface area contributed by atoms with E-state index in [-0.39, 0.29) is 0 Å². The number of halogens is 1. The molecule has 1 aromatic heterocycles. The lowest BCUT2D eigenvalue weighted by atomic mass is 10.2. The largest absolute Gasteiger partial charge is 0.494 e. The molecule has 0 saturated carbocycles. The number of rotatable bonds is 7. The Morgan fingerprint density at radius 3 is 2.75 bits per heavy atom. The van der Waals surface area contributed by atoms with Crippen LogP contribution in [0, 0.1) is 6.92 Å². The molecule has 0 saturated heterocycles. The van der Waals surface area contributed by atoms with Gasteiger partial charge in [0.25, 0.3) is 0 Å². The molecule has 0 aliphatic heterocycles. The summed E-state index contributed by atoms with van der Waals surface area (Å²) in [6.45, 7) is 4.04. The molecule has 2 aromatic rings. The van der Waals surface area contributed by atoms with Crippen LogP contribution in [-0.2, 0) is 13.0 Å². The molecule has 0 unspecified atom stereocenters. The first-order chi connectivity index (χ1) is 9.70. The highest BCUT2D eigenvalue weighted by Crippen LogP contribution is 2.15. The van der Waals surface area contributed by atoms with Crippen LogP contribution in [0.4, 0.5) is 0 Å². The van der Waals surface area contributed by atoms with Crippen molar-refractivity contribution in [3.05, 3.63) is 40.7 Å². The number of aryl methyl sites for hydroxylation is 1. The molecule has 0 aliphatic carbocycles. The quantitative estimate of drug-likeness (QED) is 0.795. The van der Waals surface area contributed by atoms with E-state index < -0.39 is 0 Å². The summed E-state index contributed by atoms with van der Waals surface area (Å²) in [4.78, 5) is 0. The van der Waals surface area contributed by atoms with Crippen molar-refractivity contribution >= 4 is 11.6 Å². The van der Waals surface area contributed by atoms with Gasteiger partial charge in [0.15, 0.2) is 0 Å². The molecule has 0 aliphatic rings. The predicted octanol–water partition coefficient (Wildman–Crippen LogP) is 2.21. The summed E-state index contributed by atoms with van der Waals surface area (Å²) in [6, 6.07) is 7.36. The van der Waals surface area contributed by atoms with Crippen LogP contribution in [0.25, 0.3) is 0 Å². The van der Waals surface area contributed by atoms with E-state index in [2.05, 4.69) is 10.3 Å². The second-order valence-corrected chi connectivity index (χ2v) is 4.98. The molecule has 20 heavy (non-hydrogen) atoms. The van der Waals surface area contributed by atoms with Gasteiger partial charge in [0.2, 0.25) is 0 Å². The zero-order valence-electron chi connectivity index (χ0n) is 11.6. The summed E-state index contributed by atoms with van der Waals surface area (Å²) in [5, 5.41) is 8.97. The molecule has 108 valence electrons. The van der Waals surface area contributed by atoms with Crippen molar-refractivity contribution in [2.75, 3.05) is 13.2 Å². The van der Waals surface area contributed by atoms with Crippen LogP contribution in [0.2, 0.25) is 5.02 Å². The van der Waals surface area contributed by atoms with Crippen LogP contribution < -0.4 is 10.5 Å². The Labute approximate surface area is 123 Å². The highest BCUT2D eigenvalue weighted by molar-refractivity contribution is 6.30. The molecule has 2 rings (SSSR count). The van der Waals surface area contributed by atoms with E-state index in [0.29, 0.717) is 18.2 Å². The zero-order valence-corrected chi connectivity index (χ0v) is 12.3. The van der Waals surface area contributed by atoms with Crippen LogP contribution in [0.15, 0.2) is 24.3 Å². The molecule has 2 N–H and O–H groups in total. The Bertz CT molecular complexity index is 539. The van der Waals surface area contributed by atoms with Crippen molar-refractivity contribution in [2.24, 2.45) is 5.73 Å². The van der Waals surface area contributed by atoms with Gasteiger partial charge in [0.05, 0.1) is 18.0 Å². The van der Waals surface area contributed by atoms with Crippen molar-refractivity contribution in [2.45, 2.75) is 26.3 Å². The Hall–Kier alpha value is -1.59. The second-order valence-electron chi connectivity index (χ2n) is 4.54. The van der Waals surface area contributed by atoms with E-state index in [4.69, 9.17) is 22.1 Å². The minimum Gasteiger partial charge on any atom is -0.494 e. The number of hydrogen-bond acceptors (Lipinski definition) is 4. The van der Waals surface area contributed by atoms with Gasteiger partial charge in [-0.2, -0.15) is 0 Å². The van der Waals surface area contributed by atoms with E-state index >= 15 is 0 Å². The number of ether oxygens (including phenoxy) is 1. The van der Waals surface area contributed by atoms with Crippen molar-refractivity contribution < 1.29 is 4.74 Å². The van der Waals surface area contributed by atoms with E-state index in [9.17, 15) is 0 Å². The monoisotopic (exact) mass is 294 g/mol. The van der Waals surface area contributed by atoms with E-state index in [0.717, 1.165) is 36.5 Å². The summed E-state index contributed by atoms with van der Waals surface area (Å²) in [5.74, 6) is 0.827. The van der Waals surface area contributed by atoms with Gasteiger partial charge in [-0.1, -0.05) is 16.8 Å². The van der Waals surface area contributed by atoms with Gasteiger partial charge >= 0.3 is 0 Å². The van der Waals surface area contributed by atoms with Gasteiger partial charge in [-0.3, -0.25) is 0 Å². The van der Waals surface area contributed by atoms with Crippen LogP contribution in [0.3, 0.4) is 0 Å². The number of nitrogens with two attached hydrogens (primary N) is 1. The molecule has 1 aromatic carbocycles. The summed E-state index contributed by atoms with van der Waals surface area (Å²) >= 11 is 5.82. The van der Waals surface area contributed by atoms with Crippen LogP contribution in [0.5, 0.6) is 5.75 Å². The Kier molecular flexibility index (Phi) is 5.38. The standard InChI is InChI=1S/C14H19ClN4O/c1-11-14(7-8-16)17-18-19(11)9-2-10-20-13-5-3-12(15)4-6-13/h3-6H,2,7-10,16H2,1H3. The highest BCUT2D eigenvalue weighted by atomic mass is 35.5. The fourth-order valence-electron chi connectivity index (χ4n) is 1.91. The van der Waals surface area contributed by atoms with Crippen LogP contribution in [0.1, 0.15) is 17.8 Å². The van der Waals surface area contributed by atoms with E-state index in [1.165, 1.54) is 0 Å². The predicted molar refractivity (Wildman–Crippen MR) is 79.1 cm³/mol. The third-order valence-corrected chi connectivity index (χ3v) is 3.31. The number of nitrogens with zero attached hydrogens (tertiary/aromatic N) is 3. The average Bonchev–Trinajstić information content (AvgIpc) is 2.79. The lowest BCUT2D eigenvalue weighted by Crippen LogP contribution is -2.08. The molecule has 5 nitrogen and oxygen atoms in total. The van der Waals surface area contributed by atoms with Gasteiger partial charge < -0.3 is 10.5 Å². The Morgan fingerprint density at radius 1 is 1.30 bits per heavy atom. The van der Waals surface area contributed by atoms with Gasteiger partial charge in [-0.15, -0.1) is 5.10 Å². The average molecular weight is 295 g/mol. The summed E-state index contributed by atoms with van der Waals surface area (Å²) in [6.07, 6.45) is 1.64. The Balaban J connectivity index is 1.77. The molecule has 1 heterocycles. The first kappa shape index (κ1) is 14.8. The molecule has 0 bridgehead atoms. The van der Waals surface area contributed by atoms with Gasteiger partial charge in [0, 0.05) is 24.4 Å². The third kappa shape index (κ3) is 3.95. The number of benzene rings is 1. The minimum atomic E-state index is 0.596. The summed E-state index contributed by atoms with van der Waals surface area (Å²) < 4.78 is 7.54. The number of hydrogen-bond donors (Lipinski definition) is 1. The maximum absolute atomic E-state index is 5.82. The van der Waals surface area contributed by atoms with Crippen molar-refractivity contribution in [3.8, 4) is 5.75 Å². The number of aromatic nitrogens is 3. The zero-order chi connectivity index (χ0) is 14.4. The fourth-order valence-corrected chi connectivity index (χ4v) is 2.04. The second kappa shape index (κ2) is 7.26. The van der Waals surface area contributed by atoms with E-state index in [1.54, 1.807) is 0 Å². The van der Waals surface area contributed by atoms with Gasteiger partial charge in [-0.05, 0) is 37.7 Å². The topological polar surface area (TPSA) is 66.0 Å². The maximum atomic E-state index is 5.82. The molecule has 0 radical (unpaired) electrons. The van der Waals surface area contributed by atoms with Crippen molar-refractivity contribution in [1.82, 2.24) is 15.0 Å². The van der Waals surface area contributed by atoms with Crippen molar-refractivity contribution in [1.29, 1.82) is 0 Å². The first-order valence-electron chi connectivity index (χ1n) is 6.68. The fraction of sp³-hybridized carbons (Fsp3) is 0.429. The summed E-state index contributed by atoms with van der Waals surface area (Å²) in [7, 11) is 0. The molecular weight excluding hydrogens is 276 g/mol.